The predicted octanol–water partition coefficient (Wildman–Crippen LogP) is 3.38. The molecule has 0 saturated carbocycles. The van der Waals surface area contributed by atoms with Crippen molar-refractivity contribution in [3.63, 3.8) is 0 Å². The van der Waals surface area contributed by atoms with Crippen LogP contribution in [0.4, 0.5) is 0 Å². The number of rotatable bonds is 3. The van der Waals surface area contributed by atoms with Gasteiger partial charge >= 0.3 is 6.08 Å². The molecule has 16 heavy (non-hydrogen) atoms. The van der Waals surface area contributed by atoms with Gasteiger partial charge < -0.3 is 14.3 Å². The SMILES string of the molecule is OCc1coc(Oc2cc(Br)ccc2Cl)n1. The third-order valence-corrected chi connectivity index (χ3v) is 2.59. The van der Waals surface area contributed by atoms with Gasteiger partial charge in [-0.25, -0.2) is 0 Å². The quantitative estimate of drug-likeness (QED) is 0.944. The molecule has 0 saturated heterocycles. The zero-order valence-corrected chi connectivity index (χ0v) is 10.3. The van der Waals surface area contributed by atoms with Gasteiger partial charge in [-0.1, -0.05) is 27.5 Å². The lowest BCUT2D eigenvalue weighted by Gasteiger charge is -2.03. The minimum Gasteiger partial charge on any atom is -0.417 e. The maximum absolute atomic E-state index is 8.80. The van der Waals surface area contributed by atoms with Crippen LogP contribution < -0.4 is 4.74 Å². The lowest BCUT2D eigenvalue weighted by molar-refractivity contribution is 0.276. The van der Waals surface area contributed by atoms with Crippen molar-refractivity contribution in [2.24, 2.45) is 0 Å². The predicted molar refractivity (Wildman–Crippen MR) is 61.7 cm³/mol. The van der Waals surface area contributed by atoms with Crippen molar-refractivity contribution in [3.05, 3.63) is 39.7 Å². The molecule has 4 nitrogen and oxygen atoms in total. The van der Waals surface area contributed by atoms with Crippen LogP contribution in [0.15, 0.2) is 33.4 Å². The van der Waals surface area contributed by atoms with E-state index >= 15 is 0 Å². The fraction of sp³-hybridized carbons (Fsp3) is 0.100. The summed E-state index contributed by atoms with van der Waals surface area (Å²) in [5.74, 6) is 0.433. The lowest BCUT2D eigenvalue weighted by Crippen LogP contribution is -1.87. The molecular weight excluding hydrogens is 297 g/mol. The number of hydrogen-bond donors (Lipinski definition) is 1. The number of hydrogen-bond acceptors (Lipinski definition) is 4. The Morgan fingerprint density at radius 3 is 3.00 bits per heavy atom. The van der Waals surface area contributed by atoms with Crippen molar-refractivity contribution in [2.45, 2.75) is 6.61 Å². The van der Waals surface area contributed by atoms with Crippen LogP contribution in [0.2, 0.25) is 5.02 Å². The lowest BCUT2D eigenvalue weighted by atomic mass is 10.3. The fourth-order valence-corrected chi connectivity index (χ4v) is 1.55. The fourth-order valence-electron chi connectivity index (χ4n) is 1.06. The third kappa shape index (κ3) is 2.55. The molecule has 84 valence electrons. The van der Waals surface area contributed by atoms with E-state index in [1.165, 1.54) is 6.26 Å². The molecule has 2 rings (SSSR count). The second-order valence-electron chi connectivity index (χ2n) is 2.94. The molecule has 0 radical (unpaired) electrons. The molecular formula is C10H7BrClNO3. The molecule has 0 atom stereocenters. The first-order valence-electron chi connectivity index (χ1n) is 4.37. The minimum atomic E-state index is -0.195. The van der Waals surface area contributed by atoms with Crippen molar-refractivity contribution in [1.29, 1.82) is 0 Å². The van der Waals surface area contributed by atoms with E-state index in [2.05, 4.69) is 20.9 Å². The molecule has 0 fully saturated rings. The second-order valence-corrected chi connectivity index (χ2v) is 4.26. The number of aliphatic hydroxyl groups excluding tert-OH is 1. The number of aliphatic hydroxyl groups is 1. The van der Waals surface area contributed by atoms with Gasteiger partial charge in [0.1, 0.15) is 12.0 Å². The molecule has 0 aliphatic rings. The van der Waals surface area contributed by atoms with E-state index in [1.807, 2.05) is 0 Å². The first-order chi connectivity index (χ1) is 7.69. The standard InChI is InChI=1S/C10H7BrClNO3/c11-6-1-2-8(12)9(3-6)16-10-13-7(4-14)5-15-10/h1-3,5,14H,4H2. The Bertz CT molecular complexity index is 501. The molecule has 1 aromatic carbocycles. The largest absolute Gasteiger partial charge is 0.417 e. The van der Waals surface area contributed by atoms with Crippen LogP contribution >= 0.6 is 27.5 Å². The van der Waals surface area contributed by atoms with Crippen LogP contribution in [0, 0.1) is 0 Å². The van der Waals surface area contributed by atoms with Gasteiger partial charge in [-0.2, -0.15) is 4.98 Å². The number of nitrogens with zero attached hydrogens (tertiary/aromatic N) is 1. The van der Waals surface area contributed by atoms with Gasteiger partial charge in [-0.15, -0.1) is 0 Å². The highest BCUT2D eigenvalue weighted by Gasteiger charge is 2.09. The Labute approximate surface area is 105 Å². The van der Waals surface area contributed by atoms with Crippen molar-refractivity contribution in [2.75, 3.05) is 0 Å². The summed E-state index contributed by atoms with van der Waals surface area (Å²) >= 11 is 9.22. The normalized spacial score (nSPS) is 10.4. The van der Waals surface area contributed by atoms with Crippen molar-refractivity contribution >= 4 is 27.5 Å². The number of ether oxygens (including phenoxy) is 1. The van der Waals surface area contributed by atoms with E-state index < -0.39 is 0 Å². The average molecular weight is 305 g/mol. The van der Waals surface area contributed by atoms with Crippen LogP contribution in [0.5, 0.6) is 11.8 Å². The molecule has 2 aromatic rings. The van der Waals surface area contributed by atoms with Gasteiger partial charge in [-0.3, -0.25) is 0 Å². The Balaban J connectivity index is 2.22. The maximum Gasteiger partial charge on any atom is 0.399 e. The third-order valence-electron chi connectivity index (χ3n) is 1.78. The highest BCUT2D eigenvalue weighted by Crippen LogP contribution is 2.31. The smallest absolute Gasteiger partial charge is 0.399 e. The van der Waals surface area contributed by atoms with E-state index in [4.69, 9.17) is 25.9 Å². The highest BCUT2D eigenvalue weighted by molar-refractivity contribution is 9.10. The summed E-state index contributed by atoms with van der Waals surface area (Å²) in [4.78, 5) is 3.88. The molecule has 0 aliphatic heterocycles. The summed E-state index contributed by atoms with van der Waals surface area (Å²) in [5.41, 5.74) is 0.404. The van der Waals surface area contributed by atoms with Crippen LogP contribution in [0.3, 0.4) is 0 Å². The monoisotopic (exact) mass is 303 g/mol. The molecule has 0 bridgehead atoms. The Hall–Kier alpha value is -1.04. The summed E-state index contributed by atoms with van der Waals surface area (Å²) in [7, 11) is 0. The van der Waals surface area contributed by atoms with E-state index in [-0.39, 0.29) is 12.7 Å². The Morgan fingerprint density at radius 2 is 2.31 bits per heavy atom. The zero-order valence-electron chi connectivity index (χ0n) is 7.98. The van der Waals surface area contributed by atoms with E-state index in [0.29, 0.717) is 16.5 Å². The van der Waals surface area contributed by atoms with Gasteiger partial charge in [0, 0.05) is 4.47 Å². The Morgan fingerprint density at radius 1 is 1.50 bits per heavy atom. The maximum atomic E-state index is 8.80. The van der Waals surface area contributed by atoms with Gasteiger partial charge in [0.2, 0.25) is 0 Å². The molecule has 1 N–H and O–H groups in total. The van der Waals surface area contributed by atoms with Crippen LogP contribution in [-0.4, -0.2) is 10.1 Å². The van der Waals surface area contributed by atoms with Crippen LogP contribution in [-0.2, 0) is 6.61 Å². The zero-order chi connectivity index (χ0) is 11.5. The van der Waals surface area contributed by atoms with Crippen molar-refractivity contribution in [1.82, 2.24) is 4.98 Å². The topological polar surface area (TPSA) is 55.5 Å². The molecule has 1 heterocycles. The number of benzene rings is 1. The first-order valence-corrected chi connectivity index (χ1v) is 5.54. The summed E-state index contributed by atoms with van der Waals surface area (Å²) in [6, 6.07) is 5.19. The van der Waals surface area contributed by atoms with Gasteiger partial charge in [-0.05, 0) is 18.2 Å². The van der Waals surface area contributed by atoms with Gasteiger partial charge in [0.25, 0.3) is 0 Å². The molecule has 1 aromatic heterocycles. The second kappa shape index (κ2) is 4.86. The average Bonchev–Trinajstić information content (AvgIpc) is 2.71. The Kier molecular flexibility index (Phi) is 3.48. The number of halogens is 2. The molecule has 0 unspecified atom stereocenters. The van der Waals surface area contributed by atoms with Crippen LogP contribution in [0.1, 0.15) is 5.69 Å². The van der Waals surface area contributed by atoms with Crippen molar-refractivity contribution in [3.8, 4) is 11.8 Å². The molecule has 0 aliphatic carbocycles. The summed E-state index contributed by atoms with van der Waals surface area (Å²) < 4.78 is 11.1. The van der Waals surface area contributed by atoms with E-state index in [1.54, 1.807) is 18.2 Å². The summed E-state index contributed by atoms with van der Waals surface area (Å²) in [6.07, 6.45) is 1.37. The highest BCUT2D eigenvalue weighted by atomic mass is 79.9. The number of oxazole rings is 1. The number of aromatic nitrogens is 1. The van der Waals surface area contributed by atoms with Crippen molar-refractivity contribution < 1.29 is 14.3 Å². The minimum absolute atomic E-state index is 0.0454. The van der Waals surface area contributed by atoms with E-state index in [0.717, 1.165) is 4.47 Å². The van der Waals surface area contributed by atoms with Crippen LogP contribution in [0.25, 0.3) is 0 Å². The molecule has 6 heteroatoms. The summed E-state index contributed by atoms with van der Waals surface area (Å²) in [5, 5.41) is 9.25. The molecule has 0 spiro atoms. The first kappa shape index (κ1) is 11.4. The van der Waals surface area contributed by atoms with Gasteiger partial charge in [0.05, 0.1) is 11.6 Å². The van der Waals surface area contributed by atoms with E-state index in [9.17, 15) is 0 Å². The molecule has 0 amide bonds. The van der Waals surface area contributed by atoms with Gasteiger partial charge in [0.15, 0.2) is 5.75 Å². The summed E-state index contributed by atoms with van der Waals surface area (Å²) in [6.45, 7) is -0.195.